The fourth-order valence-electron chi connectivity index (χ4n) is 4.76. The van der Waals surface area contributed by atoms with Crippen LogP contribution in [0.25, 0.3) is 0 Å². The Bertz CT molecular complexity index is 1160. The van der Waals surface area contributed by atoms with Crippen molar-refractivity contribution in [3.05, 3.63) is 83.6 Å². The third-order valence-electron chi connectivity index (χ3n) is 6.83. The van der Waals surface area contributed by atoms with E-state index < -0.39 is 35.1 Å². The minimum atomic E-state index is -5.17. The van der Waals surface area contributed by atoms with Crippen LogP contribution in [-0.4, -0.2) is 64.4 Å². The van der Waals surface area contributed by atoms with Gasteiger partial charge < -0.3 is 20.6 Å². The Balaban J connectivity index is 1.39. The highest BCUT2D eigenvalue weighted by Gasteiger charge is 2.62. The molecule has 190 valence electrons. The van der Waals surface area contributed by atoms with Crippen LogP contribution < -0.4 is 5.73 Å². The fraction of sp³-hybridized carbons (Fsp3) is 0.346. The Kier molecular flexibility index (Phi) is 6.90. The zero-order chi connectivity index (χ0) is 26.1. The van der Waals surface area contributed by atoms with Crippen LogP contribution in [-0.2, 0) is 20.0 Å². The average Bonchev–Trinajstić information content (AvgIpc) is 2.88. The number of benzene rings is 1. The molecule has 0 saturated carbocycles. The van der Waals surface area contributed by atoms with E-state index in [4.69, 9.17) is 5.73 Å². The molecule has 2 amide bonds. The molecule has 1 aromatic carbocycles. The minimum absolute atomic E-state index is 0.0342. The summed E-state index contributed by atoms with van der Waals surface area (Å²) in [4.78, 5) is 40.0. The van der Waals surface area contributed by atoms with Crippen molar-refractivity contribution < 1.29 is 32.7 Å². The Labute approximate surface area is 206 Å². The van der Waals surface area contributed by atoms with Gasteiger partial charge in [-0.1, -0.05) is 54.6 Å². The number of halogens is 3. The Hall–Kier alpha value is -3.66. The van der Waals surface area contributed by atoms with Gasteiger partial charge in [0.15, 0.2) is 5.78 Å². The highest BCUT2D eigenvalue weighted by molar-refractivity contribution is 6.14. The zero-order valence-electron chi connectivity index (χ0n) is 19.3. The van der Waals surface area contributed by atoms with Crippen molar-refractivity contribution in [3.8, 4) is 0 Å². The van der Waals surface area contributed by atoms with Crippen molar-refractivity contribution in [1.82, 2.24) is 9.80 Å². The quantitative estimate of drug-likeness (QED) is 0.603. The van der Waals surface area contributed by atoms with E-state index >= 15 is 0 Å². The van der Waals surface area contributed by atoms with Gasteiger partial charge in [-0.3, -0.25) is 14.4 Å². The van der Waals surface area contributed by atoms with Crippen molar-refractivity contribution in [2.45, 2.75) is 30.7 Å². The maximum Gasteiger partial charge on any atom is 0.430 e. The number of primary amides is 1. The van der Waals surface area contributed by atoms with E-state index in [2.05, 4.69) is 0 Å². The van der Waals surface area contributed by atoms with E-state index in [1.807, 2.05) is 11.0 Å². The lowest BCUT2D eigenvalue weighted by Gasteiger charge is -2.41. The normalized spacial score (nSPS) is 22.7. The first-order valence-electron chi connectivity index (χ1n) is 11.5. The summed E-state index contributed by atoms with van der Waals surface area (Å²) in [5.74, 6) is -3.45. The average molecular weight is 502 g/mol. The molecule has 0 aromatic heterocycles. The van der Waals surface area contributed by atoms with Gasteiger partial charge in [-0.2, -0.15) is 13.2 Å². The largest absolute Gasteiger partial charge is 0.430 e. The van der Waals surface area contributed by atoms with Crippen molar-refractivity contribution in [1.29, 1.82) is 0 Å². The number of nitrogens with zero attached hydrogens (tertiary/aromatic N) is 2. The maximum atomic E-state index is 13.9. The highest BCUT2D eigenvalue weighted by Crippen LogP contribution is 2.41. The first-order chi connectivity index (χ1) is 17.0. The molecule has 0 bridgehead atoms. The van der Waals surface area contributed by atoms with Gasteiger partial charge in [0.25, 0.3) is 11.5 Å². The molecule has 1 aliphatic carbocycles. The van der Waals surface area contributed by atoms with Gasteiger partial charge in [-0.15, -0.1) is 0 Å². The summed E-state index contributed by atoms with van der Waals surface area (Å²) in [6.07, 6.45) is 5.76. The van der Waals surface area contributed by atoms with E-state index in [1.165, 1.54) is 24.3 Å². The van der Waals surface area contributed by atoms with E-state index in [0.717, 1.165) is 17.0 Å². The van der Waals surface area contributed by atoms with Crippen LogP contribution in [0, 0.1) is 5.92 Å². The standard InChI is InChI=1S/C26H26F3N3O4/c27-26(28,29)25(36,18-5-2-1-3-6-18)24(35)32-15-11-19(12-16-32)31-13-9-17(10-14-31)20-7-4-8-21(22(20)33)23(30)34/h1-10,13,19,21,36H,11-12,14-16H2,(H2,30,34). The van der Waals surface area contributed by atoms with Crippen LogP contribution in [0.15, 0.2) is 78.1 Å². The SMILES string of the molecule is NC(=O)C1C=CC=C(C2=CCN(C3CCN(C(=O)C(O)(c4ccccc4)C(F)(F)F)CC3)C=C2)C1=O. The molecular formula is C26H26F3N3O4. The van der Waals surface area contributed by atoms with Gasteiger partial charge >= 0.3 is 6.18 Å². The zero-order valence-corrected chi connectivity index (χ0v) is 19.3. The Morgan fingerprint density at radius 3 is 2.31 bits per heavy atom. The van der Waals surface area contributed by atoms with Crippen molar-refractivity contribution in [3.63, 3.8) is 0 Å². The highest BCUT2D eigenvalue weighted by atomic mass is 19.4. The molecule has 1 saturated heterocycles. The van der Waals surface area contributed by atoms with E-state index in [-0.39, 0.29) is 24.9 Å². The molecule has 0 spiro atoms. The second kappa shape index (κ2) is 9.77. The molecule has 10 heteroatoms. The number of hydrogen-bond acceptors (Lipinski definition) is 5. The monoisotopic (exact) mass is 501 g/mol. The molecule has 4 rings (SSSR count). The van der Waals surface area contributed by atoms with E-state index in [9.17, 15) is 32.7 Å². The van der Waals surface area contributed by atoms with E-state index in [1.54, 1.807) is 24.4 Å². The summed E-state index contributed by atoms with van der Waals surface area (Å²) in [5, 5.41) is 10.6. The summed E-state index contributed by atoms with van der Waals surface area (Å²) in [6.45, 7) is 0.575. The lowest BCUT2D eigenvalue weighted by molar-refractivity contribution is -0.262. The van der Waals surface area contributed by atoms with Crippen molar-refractivity contribution in [2.24, 2.45) is 11.7 Å². The number of carbonyl (C=O) groups is 3. The summed E-state index contributed by atoms with van der Waals surface area (Å²) < 4.78 is 41.6. The molecule has 0 radical (unpaired) electrons. The third kappa shape index (κ3) is 4.60. The number of ketones is 1. The molecule has 2 heterocycles. The van der Waals surface area contributed by atoms with Crippen molar-refractivity contribution in [2.75, 3.05) is 19.6 Å². The number of carbonyl (C=O) groups excluding carboxylic acids is 3. The summed E-state index contributed by atoms with van der Waals surface area (Å²) in [7, 11) is 0. The topological polar surface area (TPSA) is 104 Å². The Morgan fingerprint density at radius 1 is 1.08 bits per heavy atom. The molecular weight excluding hydrogens is 475 g/mol. The molecule has 7 nitrogen and oxygen atoms in total. The van der Waals surface area contributed by atoms with Crippen LogP contribution in [0.4, 0.5) is 13.2 Å². The predicted octanol–water partition coefficient (Wildman–Crippen LogP) is 2.35. The number of likely N-dealkylation sites (tertiary alicyclic amines) is 1. The molecule has 36 heavy (non-hydrogen) atoms. The van der Waals surface area contributed by atoms with Crippen LogP contribution in [0.5, 0.6) is 0 Å². The number of amides is 2. The van der Waals surface area contributed by atoms with Gasteiger partial charge in [-0.25, -0.2) is 0 Å². The molecule has 2 unspecified atom stereocenters. The van der Waals surface area contributed by atoms with E-state index in [0.29, 0.717) is 30.5 Å². The fourth-order valence-corrected chi connectivity index (χ4v) is 4.76. The van der Waals surface area contributed by atoms with Crippen LogP contribution in [0.2, 0.25) is 0 Å². The number of piperidine rings is 1. The predicted molar refractivity (Wildman–Crippen MR) is 125 cm³/mol. The van der Waals surface area contributed by atoms with Gasteiger partial charge in [0, 0.05) is 43.0 Å². The Morgan fingerprint density at radius 2 is 1.75 bits per heavy atom. The van der Waals surface area contributed by atoms with Crippen LogP contribution >= 0.6 is 0 Å². The smallest absolute Gasteiger partial charge is 0.371 e. The second-order valence-corrected chi connectivity index (χ2v) is 8.98. The van der Waals surface area contributed by atoms with Crippen LogP contribution in [0.3, 0.4) is 0 Å². The van der Waals surface area contributed by atoms with Crippen molar-refractivity contribution >= 4 is 17.6 Å². The lowest BCUT2D eigenvalue weighted by Crippen LogP contribution is -2.58. The van der Waals surface area contributed by atoms with Gasteiger partial charge in [0.2, 0.25) is 5.91 Å². The molecule has 2 atom stereocenters. The summed E-state index contributed by atoms with van der Waals surface area (Å²) >= 11 is 0. The first kappa shape index (κ1) is 25.4. The summed E-state index contributed by atoms with van der Waals surface area (Å²) in [6, 6.07) is 6.35. The molecule has 1 fully saturated rings. The molecule has 1 aromatic rings. The number of allylic oxidation sites excluding steroid dienone is 5. The lowest BCUT2D eigenvalue weighted by atomic mass is 9.87. The minimum Gasteiger partial charge on any atom is -0.371 e. The molecule has 3 aliphatic rings. The number of Topliss-reactive ketones (excluding diaryl/α,β-unsaturated/α-hetero) is 1. The molecule has 3 N–H and O–H groups in total. The third-order valence-corrected chi connectivity index (χ3v) is 6.83. The number of hydrogen-bond donors (Lipinski definition) is 2. The molecule has 2 aliphatic heterocycles. The number of nitrogens with two attached hydrogens (primary N) is 1. The summed E-state index contributed by atoms with van der Waals surface area (Å²) in [5.41, 5.74) is 2.23. The van der Waals surface area contributed by atoms with Gasteiger partial charge in [0.1, 0.15) is 5.92 Å². The van der Waals surface area contributed by atoms with Crippen LogP contribution in [0.1, 0.15) is 18.4 Å². The number of aliphatic hydroxyl groups is 1. The number of alkyl halides is 3. The first-order valence-corrected chi connectivity index (χ1v) is 11.5. The second-order valence-electron chi connectivity index (χ2n) is 8.98. The van der Waals surface area contributed by atoms with Gasteiger partial charge in [0.05, 0.1) is 0 Å². The number of rotatable bonds is 5. The maximum absolute atomic E-state index is 13.9. The van der Waals surface area contributed by atoms with Gasteiger partial charge in [-0.05, 0) is 24.5 Å².